The van der Waals surface area contributed by atoms with Crippen LogP contribution in [0.15, 0.2) is 21.9 Å². The number of H-pyrrole nitrogens is 1. The number of aromatic nitrogens is 2. The first-order valence-electron chi connectivity index (χ1n) is 4.81. The highest BCUT2D eigenvalue weighted by atomic mass is 32.2. The highest BCUT2D eigenvalue weighted by molar-refractivity contribution is 7.89. The molecule has 2 aromatic heterocycles. The number of aryl methyl sites for hydroxylation is 1. The molecule has 0 fully saturated rings. The first kappa shape index (κ1) is 12.1. The zero-order valence-electron chi connectivity index (χ0n) is 9.10. The van der Waals surface area contributed by atoms with Gasteiger partial charge in [0.25, 0.3) is 0 Å². The fourth-order valence-electron chi connectivity index (χ4n) is 1.32. The quantitative estimate of drug-likeness (QED) is 0.767. The van der Waals surface area contributed by atoms with Crippen molar-refractivity contribution in [2.75, 3.05) is 5.73 Å². The average Bonchev–Trinajstić information content (AvgIpc) is 2.85. The highest BCUT2D eigenvalue weighted by Crippen LogP contribution is 2.17. The molecule has 0 atom stereocenters. The minimum absolute atomic E-state index is 0.0228. The van der Waals surface area contributed by atoms with Gasteiger partial charge in [-0.2, -0.15) is 16.4 Å². The summed E-state index contributed by atoms with van der Waals surface area (Å²) in [5, 5.41) is 9.85. The molecule has 0 aliphatic heterocycles. The monoisotopic (exact) mass is 272 g/mol. The van der Waals surface area contributed by atoms with Crippen molar-refractivity contribution in [2.24, 2.45) is 0 Å². The Morgan fingerprint density at radius 3 is 2.82 bits per heavy atom. The molecule has 0 aliphatic rings. The van der Waals surface area contributed by atoms with Crippen LogP contribution < -0.4 is 10.5 Å². The summed E-state index contributed by atoms with van der Waals surface area (Å²) in [4.78, 5) is -0.0228. The molecule has 0 saturated carbocycles. The Morgan fingerprint density at radius 2 is 2.29 bits per heavy atom. The molecule has 8 heteroatoms. The zero-order chi connectivity index (χ0) is 12.5. The van der Waals surface area contributed by atoms with Crippen LogP contribution in [0.4, 0.5) is 5.82 Å². The van der Waals surface area contributed by atoms with E-state index in [0.29, 0.717) is 0 Å². The van der Waals surface area contributed by atoms with Crippen molar-refractivity contribution >= 4 is 27.2 Å². The second-order valence-electron chi connectivity index (χ2n) is 3.55. The summed E-state index contributed by atoms with van der Waals surface area (Å²) in [6, 6.07) is 0. The van der Waals surface area contributed by atoms with Crippen LogP contribution in [0.1, 0.15) is 11.1 Å². The fourth-order valence-corrected chi connectivity index (χ4v) is 3.20. The first-order chi connectivity index (χ1) is 8.00. The molecule has 0 spiro atoms. The summed E-state index contributed by atoms with van der Waals surface area (Å²) in [5.74, 6) is 0.0412. The molecule has 0 bridgehead atoms. The second kappa shape index (κ2) is 4.47. The molecule has 0 saturated heterocycles. The molecule has 6 nitrogen and oxygen atoms in total. The van der Waals surface area contributed by atoms with Crippen molar-refractivity contribution in [2.45, 2.75) is 18.4 Å². The number of sulfonamides is 1. The molecule has 4 N–H and O–H groups in total. The summed E-state index contributed by atoms with van der Waals surface area (Å²) < 4.78 is 26.2. The Balaban J connectivity index is 2.15. The molecule has 92 valence electrons. The van der Waals surface area contributed by atoms with Gasteiger partial charge in [0.15, 0.2) is 0 Å². The van der Waals surface area contributed by atoms with Crippen molar-refractivity contribution < 1.29 is 8.42 Å². The van der Waals surface area contributed by atoms with Gasteiger partial charge in [-0.3, -0.25) is 5.10 Å². The highest BCUT2D eigenvalue weighted by Gasteiger charge is 2.19. The number of anilines is 1. The number of nitrogens with two attached hydrogens (primary N) is 1. The molecular formula is C9H12N4O2S2. The summed E-state index contributed by atoms with van der Waals surface area (Å²) in [6.07, 6.45) is 1.19. The number of hydrogen-bond acceptors (Lipinski definition) is 5. The van der Waals surface area contributed by atoms with Gasteiger partial charge in [-0.1, -0.05) is 0 Å². The molecule has 2 heterocycles. The molecule has 2 aromatic rings. The molecule has 0 radical (unpaired) electrons. The van der Waals surface area contributed by atoms with Crippen molar-refractivity contribution in [3.05, 3.63) is 28.1 Å². The van der Waals surface area contributed by atoms with Gasteiger partial charge in [0.1, 0.15) is 10.7 Å². The van der Waals surface area contributed by atoms with E-state index in [0.717, 1.165) is 11.1 Å². The van der Waals surface area contributed by atoms with Crippen LogP contribution in [-0.4, -0.2) is 18.6 Å². The lowest BCUT2D eigenvalue weighted by molar-refractivity contribution is 0.582. The molecule has 17 heavy (non-hydrogen) atoms. The Labute approximate surface area is 103 Å². The third-order valence-corrected chi connectivity index (χ3v) is 4.68. The van der Waals surface area contributed by atoms with Gasteiger partial charge in [-0.05, 0) is 28.8 Å². The Bertz CT molecular complexity index is 614. The van der Waals surface area contributed by atoms with Gasteiger partial charge in [0.05, 0.1) is 6.20 Å². The lowest BCUT2D eigenvalue weighted by atomic mass is 10.2. The molecular weight excluding hydrogens is 260 g/mol. The standard InChI is InChI=1S/C9H12N4O2S2/c1-6-4-16-5-7(6)2-12-17(14,15)8-3-11-13-9(8)10/h3-5,12H,2H2,1H3,(H3,10,11,13). The van der Waals surface area contributed by atoms with E-state index < -0.39 is 10.0 Å². The van der Waals surface area contributed by atoms with E-state index in [4.69, 9.17) is 5.73 Å². The summed E-state index contributed by atoms with van der Waals surface area (Å²) in [7, 11) is -3.60. The van der Waals surface area contributed by atoms with Crippen LogP contribution in [0, 0.1) is 6.92 Å². The number of nitrogens with zero attached hydrogens (tertiary/aromatic N) is 1. The van der Waals surface area contributed by atoms with E-state index in [2.05, 4.69) is 14.9 Å². The minimum Gasteiger partial charge on any atom is -0.383 e. The van der Waals surface area contributed by atoms with Crippen molar-refractivity contribution in [1.82, 2.24) is 14.9 Å². The third-order valence-electron chi connectivity index (χ3n) is 2.34. The van der Waals surface area contributed by atoms with Crippen molar-refractivity contribution in [3.8, 4) is 0 Å². The first-order valence-corrected chi connectivity index (χ1v) is 7.23. The van der Waals surface area contributed by atoms with Gasteiger partial charge < -0.3 is 5.73 Å². The van der Waals surface area contributed by atoms with E-state index >= 15 is 0 Å². The van der Waals surface area contributed by atoms with Crippen LogP contribution >= 0.6 is 11.3 Å². The minimum atomic E-state index is -3.60. The summed E-state index contributed by atoms with van der Waals surface area (Å²) >= 11 is 1.54. The third kappa shape index (κ3) is 2.48. The lowest BCUT2D eigenvalue weighted by Crippen LogP contribution is -2.23. The molecule has 0 unspecified atom stereocenters. The van der Waals surface area contributed by atoms with E-state index in [1.54, 1.807) is 0 Å². The van der Waals surface area contributed by atoms with Gasteiger partial charge in [-0.15, -0.1) is 0 Å². The maximum Gasteiger partial charge on any atom is 0.246 e. The number of thiophene rings is 1. The van der Waals surface area contributed by atoms with E-state index in [9.17, 15) is 8.42 Å². The van der Waals surface area contributed by atoms with Crippen LogP contribution in [0.2, 0.25) is 0 Å². The normalized spacial score (nSPS) is 11.8. The summed E-state index contributed by atoms with van der Waals surface area (Å²) in [6.45, 7) is 2.19. The van der Waals surface area contributed by atoms with Crippen LogP contribution in [0.3, 0.4) is 0 Å². The van der Waals surface area contributed by atoms with E-state index in [1.165, 1.54) is 17.5 Å². The smallest absolute Gasteiger partial charge is 0.246 e. The number of hydrogen-bond donors (Lipinski definition) is 3. The summed E-state index contributed by atoms with van der Waals surface area (Å²) in [5.41, 5.74) is 7.50. The average molecular weight is 272 g/mol. The van der Waals surface area contributed by atoms with Crippen molar-refractivity contribution in [3.63, 3.8) is 0 Å². The van der Waals surface area contributed by atoms with Gasteiger partial charge in [-0.25, -0.2) is 13.1 Å². The molecule has 0 aliphatic carbocycles. The van der Waals surface area contributed by atoms with Crippen LogP contribution in [-0.2, 0) is 16.6 Å². The van der Waals surface area contributed by atoms with Crippen LogP contribution in [0.25, 0.3) is 0 Å². The zero-order valence-corrected chi connectivity index (χ0v) is 10.7. The number of nitrogen functional groups attached to an aromatic ring is 1. The second-order valence-corrected chi connectivity index (χ2v) is 6.03. The van der Waals surface area contributed by atoms with Crippen LogP contribution in [0.5, 0.6) is 0 Å². The number of aromatic amines is 1. The Hall–Kier alpha value is -1.38. The van der Waals surface area contributed by atoms with Gasteiger partial charge >= 0.3 is 0 Å². The van der Waals surface area contributed by atoms with Gasteiger partial charge in [0.2, 0.25) is 10.0 Å². The molecule has 0 aromatic carbocycles. The number of rotatable bonds is 4. The van der Waals surface area contributed by atoms with E-state index in [1.807, 2.05) is 17.7 Å². The van der Waals surface area contributed by atoms with Crippen molar-refractivity contribution in [1.29, 1.82) is 0 Å². The maximum absolute atomic E-state index is 11.9. The van der Waals surface area contributed by atoms with E-state index in [-0.39, 0.29) is 17.3 Å². The lowest BCUT2D eigenvalue weighted by Gasteiger charge is -2.05. The Kier molecular flexibility index (Phi) is 3.18. The SMILES string of the molecule is Cc1cscc1CNS(=O)(=O)c1cn[nH]c1N. The Morgan fingerprint density at radius 1 is 1.53 bits per heavy atom. The fraction of sp³-hybridized carbons (Fsp3) is 0.222. The maximum atomic E-state index is 11.9. The molecule has 0 amide bonds. The largest absolute Gasteiger partial charge is 0.383 e. The number of nitrogens with one attached hydrogen (secondary N) is 2. The predicted octanol–water partition coefficient (Wildman–Crippen LogP) is 0.840. The predicted molar refractivity (Wildman–Crippen MR) is 66.1 cm³/mol. The molecule has 2 rings (SSSR count). The van der Waals surface area contributed by atoms with Gasteiger partial charge in [0, 0.05) is 6.54 Å². The topological polar surface area (TPSA) is 101 Å².